The number of ether oxygens (including phenoxy) is 1. The molecule has 2 aromatic heterocycles. The summed E-state index contributed by atoms with van der Waals surface area (Å²) in [5.74, 6) is 1.28. The molecule has 0 unspecified atom stereocenters. The topological polar surface area (TPSA) is 81.1 Å². The van der Waals surface area contributed by atoms with Crippen LogP contribution in [-0.4, -0.2) is 33.8 Å². The van der Waals surface area contributed by atoms with Gasteiger partial charge < -0.3 is 15.4 Å². The van der Waals surface area contributed by atoms with E-state index >= 15 is 0 Å². The number of hydrogen-bond donors (Lipinski definition) is 2. The molecule has 3 heterocycles. The molecule has 0 aliphatic carbocycles. The highest BCUT2D eigenvalue weighted by atomic mass is 16.5. The van der Waals surface area contributed by atoms with Crippen LogP contribution in [0.4, 0.5) is 5.69 Å². The minimum Gasteiger partial charge on any atom is -0.457 e. The minimum atomic E-state index is -0.684. The zero-order valence-electron chi connectivity index (χ0n) is 14.8. The van der Waals surface area contributed by atoms with Gasteiger partial charge in [-0.1, -0.05) is 6.07 Å². The second-order valence-corrected chi connectivity index (χ2v) is 6.50. The van der Waals surface area contributed by atoms with Crippen LogP contribution in [0.3, 0.4) is 0 Å². The van der Waals surface area contributed by atoms with Gasteiger partial charge in [0, 0.05) is 36.5 Å². The highest BCUT2D eigenvalue weighted by Crippen LogP contribution is 2.30. The summed E-state index contributed by atoms with van der Waals surface area (Å²) in [6, 6.07) is 12.8. The van der Waals surface area contributed by atoms with E-state index in [0.29, 0.717) is 30.0 Å². The van der Waals surface area contributed by atoms with Gasteiger partial charge in [-0.05, 0) is 56.3 Å². The van der Waals surface area contributed by atoms with Crippen molar-refractivity contribution in [3.63, 3.8) is 0 Å². The fourth-order valence-electron chi connectivity index (χ4n) is 3.35. The zero-order valence-corrected chi connectivity index (χ0v) is 14.8. The van der Waals surface area contributed by atoms with Crippen molar-refractivity contribution in [2.45, 2.75) is 18.4 Å². The normalized spacial score (nSPS) is 15.9. The van der Waals surface area contributed by atoms with Crippen LogP contribution >= 0.6 is 0 Å². The first-order valence-electron chi connectivity index (χ1n) is 8.97. The average molecular weight is 363 g/mol. The number of benzene rings is 1. The first-order valence-corrected chi connectivity index (χ1v) is 8.97. The molecule has 4 rings (SSSR count). The van der Waals surface area contributed by atoms with Crippen molar-refractivity contribution >= 4 is 11.6 Å². The summed E-state index contributed by atoms with van der Waals surface area (Å²) in [6.07, 6.45) is 8.29. The second-order valence-electron chi connectivity index (χ2n) is 6.50. The van der Waals surface area contributed by atoms with Gasteiger partial charge in [0.25, 0.3) is 5.91 Å². The van der Waals surface area contributed by atoms with Crippen LogP contribution in [0.1, 0.15) is 12.8 Å². The Morgan fingerprint density at radius 2 is 1.89 bits per heavy atom. The molecule has 0 bridgehead atoms. The molecule has 0 radical (unpaired) electrons. The number of hydrogen-bond acceptors (Lipinski definition) is 5. The molecule has 7 heteroatoms. The smallest absolute Gasteiger partial charge is 0.252 e. The number of carbonyl (C=O) groups excluding carboxylic acids is 1. The van der Waals surface area contributed by atoms with E-state index in [1.54, 1.807) is 35.4 Å². The summed E-state index contributed by atoms with van der Waals surface area (Å²) in [5, 5.41) is 10.7. The van der Waals surface area contributed by atoms with Crippen LogP contribution in [0.5, 0.6) is 11.5 Å². The fourth-order valence-corrected chi connectivity index (χ4v) is 3.35. The molecule has 2 N–H and O–H groups in total. The zero-order chi connectivity index (χ0) is 18.5. The van der Waals surface area contributed by atoms with Crippen molar-refractivity contribution in [2.24, 2.45) is 0 Å². The highest BCUT2D eigenvalue weighted by Gasteiger charge is 2.42. The Morgan fingerprint density at radius 3 is 2.63 bits per heavy atom. The lowest BCUT2D eigenvalue weighted by Crippen LogP contribution is -2.52. The van der Waals surface area contributed by atoms with Crippen molar-refractivity contribution in [3.05, 3.63) is 67.3 Å². The van der Waals surface area contributed by atoms with Crippen molar-refractivity contribution in [1.29, 1.82) is 0 Å². The standard InChI is InChI=1S/C20H21N5O2/c26-19(20(7-12-22-13-8-20)25-14-2-9-23-25)24-16-3-1-4-18(15-16)27-17-5-10-21-11-6-17/h1-6,9-11,14-15,22H,7-8,12-13H2,(H,24,26). The number of nitrogens with zero attached hydrogens (tertiary/aromatic N) is 3. The van der Waals surface area contributed by atoms with E-state index < -0.39 is 5.54 Å². The molecule has 0 atom stereocenters. The number of anilines is 1. The van der Waals surface area contributed by atoms with Crippen LogP contribution in [0.2, 0.25) is 0 Å². The van der Waals surface area contributed by atoms with Gasteiger partial charge in [0.1, 0.15) is 17.0 Å². The molecule has 1 aliphatic heterocycles. The van der Waals surface area contributed by atoms with Gasteiger partial charge in [0.05, 0.1) is 0 Å². The molecule has 138 valence electrons. The molecular formula is C20H21N5O2. The molecule has 7 nitrogen and oxygen atoms in total. The molecule has 3 aromatic rings. The summed E-state index contributed by atoms with van der Waals surface area (Å²) in [5.41, 5.74) is 0.00750. The number of amides is 1. The quantitative estimate of drug-likeness (QED) is 0.729. The number of nitrogens with one attached hydrogen (secondary N) is 2. The Morgan fingerprint density at radius 1 is 1.07 bits per heavy atom. The highest BCUT2D eigenvalue weighted by molar-refractivity contribution is 5.96. The van der Waals surface area contributed by atoms with Gasteiger partial charge in [-0.15, -0.1) is 0 Å². The van der Waals surface area contributed by atoms with Gasteiger partial charge in [0.15, 0.2) is 0 Å². The maximum absolute atomic E-state index is 13.2. The molecule has 1 amide bonds. The summed E-state index contributed by atoms with van der Waals surface area (Å²) >= 11 is 0. The Kier molecular flexibility index (Phi) is 4.84. The summed E-state index contributed by atoms with van der Waals surface area (Å²) in [6.45, 7) is 1.55. The van der Waals surface area contributed by atoms with Crippen LogP contribution < -0.4 is 15.4 Å². The molecule has 27 heavy (non-hydrogen) atoms. The molecule has 0 spiro atoms. The van der Waals surface area contributed by atoms with Crippen molar-refractivity contribution in [3.8, 4) is 11.5 Å². The number of carbonyl (C=O) groups is 1. The van der Waals surface area contributed by atoms with Crippen LogP contribution in [0.25, 0.3) is 0 Å². The van der Waals surface area contributed by atoms with E-state index in [9.17, 15) is 4.79 Å². The third kappa shape index (κ3) is 3.68. The molecule has 1 fully saturated rings. The number of piperidine rings is 1. The fraction of sp³-hybridized carbons (Fsp3) is 0.250. The van der Waals surface area contributed by atoms with E-state index in [4.69, 9.17) is 4.74 Å². The van der Waals surface area contributed by atoms with Crippen LogP contribution in [0, 0.1) is 0 Å². The summed E-state index contributed by atoms with van der Waals surface area (Å²) in [7, 11) is 0. The van der Waals surface area contributed by atoms with E-state index in [2.05, 4.69) is 20.7 Å². The lowest BCUT2D eigenvalue weighted by atomic mass is 9.87. The Balaban J connectivity index is 1.54. The van der Waals surface area contributed by atoms with Crippen LogP contribution in [-0.2, 0) is 10.3 Å². The number of pyridine rings is 1. The number of aromatic nitrogens is 3. The van der Waals surface area contributed by atoms with Crippen molar-refractivity contribution in [2.75, 3.05) is 18.4 Å². The Hall–Kier alpha value is -3.19. The van der Waals surface area contributed by atoms with Crippen molar-refractivity contribution in [1.82, 2.24) is 20.1 Å². The molecule has 1 aliphatic rings. The van der Waals surface area contributed by atoms with E-state index in [1.807, 2.05) is 36.5 Å². The molecule has 1 saturated heterocycles. The third-order valence-electron chi connectivity index (χ3n) is 4.77. The van der Waals surface area contributed by atoms with E-state index in [1.165, 1.54) is 0 Å². The predicted molar refractivity (Wildman–Crippen MR) is 102 cm³/mol. The van der Waals surface area contributed by atoms with Gasteiger partial charge >= 0.3 is 0 Å². The maximum Gasteiger partial charge on any atom is 0.252 e. The van der Waals surface area contributed by atoms with Crippen molar-refractivity contribution < 1.29 is 9.53 Å². The van der Waals surface area contributed by atoms with Gasteiger partial charge in [-0.3, -0.25) is 14.5 Å². The summed E-state index contributed by atoms with van der Waals surface area (Å²) < 4.78 is 7.60. The Labute approximate surface area is 157 Å². The van der Waals surface area contributed by atoms with Gasteiger partial charge in [-0.2, -0.15) is 5.10 Å². The predicted octanol–water partition coefficient (Wildman–Crippen LogP) is 2.79. The largest absolute Gasteiger partial charge is 0.457 e. The van der Waals surface area contributed by atoms with E-state index in [0.717, 1.165) is 13.1 Å². The first-order chi connectivity index (χ1) is 13.3. The van der Waals surface area contributed by atoms with E-state index in [-0.39, 0.29) is 5.91 Å². The monoisotopic (exact) mass is 363 g/mol. The SMILES string of the molecule is O=C(Nc1cccc(Oc2ccncc2)c1)C1(n2cccn2)CCNCC1. The second kappa shape index (κ2) is 7.59. The third-order valence-corrected chi connectivity index (χ3v) is 4.77. The van der Waals surface area contributed by atoms with Gasteiger partial charge in [-0.25, -0.2) is 0 Å². The summed E-state index contributed by atoms with van der Waals surface area (Å²) in [4.78, 5) is 17.2. The first kappa shape index (κ1) is 17.2. The molecule has 0 saturated carbocycles. The van der Waals surface area contributed by atoms with Gasteiger partial charge in [0.2, 0.25) is 0 Å². The van der Waals surface area contributed by atoms with Crippen LogP contribution in [0.15, 0.2) is 67.3 Å². The minimum absolute atomic E-state index is 0.0613. The number of rotatable bonds is 5. The average Bonchev–Trinajstić information content (AvgIpc) is 3.25. The maximum atomic E-state index is 13.2. The molecular weight excluding hydrogens is 342 g/mol. The lowest BCUT2D eigenvalue weighted by molar-refractivity contribution is -0.126. The lowest BCUT2D eigenvalue weighted by Gasteiger charge is -2.36. The Bertz CT molecular complexity index is 890. The molecule has 1 aromatic carbocycles.